The van der Waals surface area contributed by atoms with E-state index in [4.69, 9.17) is 5.11 Å². The third-order valence-electron chi connectivity index (χ3n) is 2.77. The number of rotatable bonds is 6. The van der Waals surface area contributed by atoms with E-state index in [9.17, 15) is 9.59 Å². The molecule has 0 bridgehead atoms. The molecule has 2 heterocycles. The summed E-state index contributed by atoms with van der Waals surface area (Å²) in [5.41, 5.74) is 0.605. The van der Waals surface area contributed by atoms with Crippen molar-refractivity contribution in [3.05, 3.63) is 44.5 Å². The number of carbonyl (C=O) groups is 2. The molecule has 0 aliphatic rings. The molecule has 2 aromatic heterocycles. The zero-order valence-electron chi connectivity index (χ0n) is 11.3. The van der Waals surface area contributed by atoms with Crippen molar-refractivity contribution < 1.29 is 14.7 Å². The smallest absolute Gasteiger partial charge is 0.328 e. The zero-order chi connectivity index (χ0) is 15.2. The molecule has 2 N–H and O–H groups in total. The summed E-state index contributed by atoms with van der Waals surface area (Å²) < 4.78 is 0. The number of aromatic nitrogens is 1. The van der Waals surface area contributed by atoms with Gasteiger partial charge in [-0.15, -0.1) is 22.7 Å². The van der Waals surface area contributed by atoms with E-state index in [2.05, 4.69) is 10.3 Å². The molecule has 0 saturated heterocycles. The molecule has 2 aromatic rings. The first-order valence-corrected chi connectivity index (χ1v) is 8.06. The third-order valence-corrected chi connectivity index (χ3v) is 4.59. The molecule has 0 aromatic carbocycles. The number of carboxylic acids is 1. The summed E-state index contributed by atoms with van der Waals surface area (Å²) >= 11 is 2.78. The van der Waals surface area contributed by atoms with E-state index in [1.165, 1.54) is 28.7 Å². The van der Waals surface area contributed by atoms with Crippen LogP contribution in [0.5, 0.6) is 0 Å². The van der Waals surface area contributed by atoms with Gasteiger partial charge in [0, 0.05) is 17.7 Å². The summed E-state index contributed by atoms with van der Waals surface area (Å²) in [6.07, 6.45) is 4.90. The average Bonchev–Trinajstić information content (AvgIpc) is 3.12. The van der Waals surface area contributed by atoms with Gasteiger partial charge in [0.25, 0.3) is 5.91 Å². The molecule has 7 heteroatoms. The number of thiophene rings is 1. The molecule has 5 nitrogen and oxygen atoms in total. The second-order valence-corrected chi connectivity index (χ2v) is 6.02. The van der Waals surface area contributed by atoms with Crippen molar-refractivity contribution >= 4 is 40.6 Å². The van der Waals surface area contributed by atoms with E-state index in [0.717, 1.165) is 17.5 Å². The molecule has 0 saturated carbocycles. The Kier molecular flexibility index (Phi) is 5.24. The van der Waals surface area contributed by atoms with Crippen LogP contribution in [0.1, 0.15) is 39.6 Å². The van der Waals surface area contributed by atoms with Gasteiger partial charge in [0.1, 0.15) is 5.01 Å². The van der Waals surface area contributed by atoms with E-state index >= 15 is 0 Å². The van der Waals surface area contributed by atoms with E-state index in [-0.39, 0.29) is 11.9 Å². The fourth-order valence-electron chi connectivity index (χ4n) is 1.76. The van der Waals surface area contributed by atoms with Crippen molar-refractivity contribution in [1.29, 1.82) is 0 Å². The molecule has 0 aliphatic heterocycles. The van der Waals surface area contributed by atoms with Crippen molar-refractivity contribution in [3.8, 4) is 0 Å². The quantitative estimate of drug-likeness (QED) is 0.801. The van der Waals surface area contributed by atoms with Crippen LogP contribution in [0.2, 0.25) is 0 Å². The Hall–Kier alpha value is -1.99. The molecule has 2 rings (SSSR count). The Labute approximate surface area is 130 Å². The number of thiazole rings is 1. The minimum Gasteiger partial charge on any atom is -0.478 e. The van der Waals surface area contributed by atoms with Crippen molar-refractivity contribution in [1.82, 2.24) is 10.3 Å². The van der Waals surface area contributed by atoms with E-state index in [0.29, 0.717) is 10.4 Å². The lowest BCUT2D eigenvalue weighted by Gasteiger charge is -2.14. The SMILES string of the molecule is CCC(NC(=O)c1sccc1C=CC(=O)O)c1nccs1. The minimum atomic E-state index is -1.04. The highest BCUT2D eigenvalue weighted by molar-refractivity contribution is 7.12. The van der Waals surface area contributed by atoms with Crippen LogP contribution in [-0.4, -0.2) is 22.0 Å². The van der Waals surface area contributed by atoms with Gasteiger partial charge in [-0.25, -0.2) is 9.78 Å². The van der Waals surface area contributed by atoms with Gasteiger partial charge in [-0.1, -0.05) is 6.92 Å². The van der Waals surface area contributed by atoms with Crippen molar-refractivity contribution in [2.24, 2.45) is 0 Å². The van der Waals surface area contributed by atoms with Crippen LogP contribution in [0.3, 0.4) is 0 Å². The number of nitrogens with one attached hydrogen (secondary N) is 1. The molecular formula is C14H14N2O3S2. The van der Waals surface area contributed by atoms with Crippen LogP contribution in [-0.2, 0) is 4.79 Å². The third kappa shape index (κ3) is 3.99. The summed E-state index contributed by atoms with van der Waals surface area (Å²) in [7, 11) is 0. The van der Waals surface area contributed by atoms with Crippen molar-refractivity contribution in [2.75, 3.05) is 0 Å². The predicted molar refractivity (Wildman–Crippen MR) is 83.6 cm³/mol. The Morgan fingerprint density at radius 2 is 2.24 bits per heavy atom. The maximum Gasteiger partial charge on any atom is 0.328 e. The van der Waals surface area contributed by atoms with Gasteiger partial charge in [0.05, 0.1) is 10.9 Å². The zero-order valence-corrected chi connectivity index (χ0v) is 12.9. The lowest BCUT2D eigenvalue weighted by Crippen LogP contribution is -2.27. The molecule has 0 radical (unpaired) electrons. The number of hydrogen-bond acceptors (Lipinski definition) is 5. The number of nitrogens with zero attached hydrogens (tertiary/aromatic N) is 1. The minimum absolute atomic E-state index is 0.129. The molecular weight excluding hydrogens is 308 g/mol. The van der Waals surface area contributed by atoms with E-state index in [1.807, 2.05) is 12.3 Å². The van der Waals surface area contributed by atoms with E-state index < -0.39 is 5.97 Å². The van der Waals surface area contributed by atoms with Gasteiger partial charge in [-0.3, -0.25) is 4.79 Å². The Morgan fingerprint density at radius 1 is 1.43 bits per heavy atom. The Morgan fingerprint density at radius 3 is 2.86 bits per heavy atom. The van der Waals surface area contributed by atoms with Crippen LogP contribution in [0.4, 0.5) is 0 Å². The lowest BCUT2D eigenvalue weighted by atomic mass is 10.2. The van der Waals surface area contributed by atoms with Gasteiger partial charge < -0.3 is 10.4 Å². The van der Waals surface area contributed by atoms with Crippen molar-refractivity contribution in [2.45, 2.75) is 19.4 Å². The monoisotopic (exact) mass is 322 g/mol. The highest BCUT2D eigenvalue weighted by Gasteiger charge is 2.18. The number of carboxylic acid groups (broad SMARTS) is 1. The summed E-state index contributed by atoms with van der Waals surface area (Å²) in [5, 5.41) is 16.1. The number of aliphatic carboxylic acids is 1. The fourth-order valence-corrected chi connectivity index (χ4v) is 3.33. The van der Waals surface area contributed by atoms with Gasteiger partial charge in [-0.05, 0) is 29.5 Å². The molecule has 1 atom stereocenters. The summed E-state index contributed by atoms with van der Waals surface area (Å²) in [4.78, 5) is 27.6. The first-order chi connectivity index (χ1) is 10.1. The maximum atomic E-state index is 12.3. The fraction of sp³-hybridized carbons (Fsp3) is 0.214. The van der Waals surface area contributed by atoms with Crippen LogP contribution in [0, 0.1) is 0 Å². The number of carbonyl (C=O) groups excluding carboxylic acids is 1. The molecule has 0 spiro atoms. The average molecular weight is 322 g/mol. The first kappa shape index (κ1) is 15.4. The number of hydrogen-bond donors (Lipinski definition) is 2. The van der Waals surface area contributed by atoms with Crippen LogP contribution >= 0.6 is 22.7 Å². The van der Waals surface area contributed by atoms with Crippen molar-refractivity contribution in [3.63, 3.8) is 0 Å². The largest absolute Gasteiger partial charge is 0.478 e. The Balaban J connectivity index is 2.13. The molecule has 0 fully saturated rings. The van der Waals surface area contributed by atoms with Gasteiger partial charge in [0.2, 0.25) is 0 Å². The normalized spacial score (nSPS) is 12.4. The molecule has 110 valence electrons. The molecule has 1 unspecified atom stereocenters. The topological polar surface area (TPSA) is 79.3 Å². The van der Waals surface area contributed by atoms with Crippen LogP contribution < -0.4 is 5.32 Å². The highest BCUT2D eigenvalue weighted by Crippen LogP contribution is 2.22. The second kappa shape index (κ2) is 7.14. The number of amides is 1. The molecule has 0 aliphatic carbocycles. The standard InChI is InChI=1S/C14H14N2O3S2/c1-2-10(14-15-6-8-21-14)16-13(19)12-9(5-7-20-12)3-4-11(17)18/h3-8,10H,2H2,1H3,(H,16,19)(H,17,18). The maximum absolute atomic E-state index is 12.3. The van der Waals surface area contributed by atoms with Crippen LogP contribution in [0.25, 0.3) is 6.08 Å². The molecule has 21 heavy (non-hydrogen) atoms. The predicted octanol–water partition coefficient (Wildman–Crippen LogP) is 3.18. The molecule has 1 amide bonds. The highest BCUT2D eigenvalue weighted by atomic mass is 32.1. The van der Waals surface area contributed by atoms with E-state index in [1.54, 1.807) is 17.6 Å². The first-order valence-electron chi connectivity index (χ1n) is 6.30. The van der Waals surface area contributed by atoms with Gasteiger partial charge >= 0.3 is 5.97 Å². The Bertz CT molecular complexity index is 647. The second-order valence-electron chi connectivity index (χ2n) is 4.18. The van der Waals surface area contributed by atoms with Crippen LogP contribution in [0.15, 0.2) is 29.1 Å². The lowest BCUT2D eigenvalue weighted by molar-refractivity contribution is -0.131. The summed E-state index contributed by atoms with van der Waals surface area (Å²) in [6.45, 7) is 1.98. The van der Waals surface area contributed by atoms with Gasteiger partial charge in [0.15, 0.2) is 0 Å². The van der Waals surface area contributed by atoms with Gasteiger partial charge in [-0.2, -0.15) is 0 Å². The summed E-state index contributed by atoms with van der Waals surface area (Å²) in [5.74, 6) is -1.25. The summed E-state index contributed by atoms with van der Waals surface area (Å²) in [6, 6.07) is 1.60.